The van der Waals surface area contributed by atoms with Crippen molar-refractivity contribution in [2.24, 2.45) is 0 Å². The minimum Gasteiger partial charge on any atom is -0.368 e. The first-order valence-electron chi connectivity index (χ1n) is 5.09. The Labute approximate surface area is 88.5 Å². The van der Waals surface area contributed by atoms with Crippen LogP contribution in [0.1, 0.15) is 28.6 Å². The number of ether oxygens (including phenoxy) is 1. The number of aryl methyl sites for hydroxylation is 2. The van der Waals surface area contributed by atoms with E-state index in [4.69, 9.17) is 4.74 Å². The largest absolute Gasteiger partial charge is 0.368 e. The molecule has 1 N–H and O–H groups in total. The lowest BCUT2D eigenvalue weighted by molar-refractivity contribution is 0.0275. The first-order valence-corrected chi connectivity index (χ1v) is 5.91. The van der Waals surface area contributed by atoms with Gasteiger partial charge in [-0.05, 0) is 13.3 Å². The Balaban J connectivity index is 2.14. The summed E-state index contributed by atoms with van der Waals surface area (Å²) in [5.74, 6) is 0. The van der Waals surface area contributed by atoms with E-state index in [9.17, 15) is 0 Å². The average Bonchev–Trinajstić information content (AvgIpc) is 2.61. The van der Waals surface area contributed by atoms with E-state index in [1.54, 1.807) is 11.3 Å². The van der Waals surface area contributed by atoms with Crippen LogP contribution in [0.25, 0.3) is 0 Å². The van der Waals surface area contributed by atoms with Crippen molar-refractivity contribution in [1.29, 1.82) is 0 Å². The molecule has 0 amide bonds. The second kappa shape index (κ2) is 4.38. The molecule has 0 radical (unpaired) electrons. The van der Waals surface area contributed by atoms with Gasteiger partial charge in [0, 0.05) is 18.0 Å². The lowest BCUT2D eigenvalue weighted by atomic mass is 10.3. The van der Waals surface area contributed by atoms with E-state index in [2.05, 4.69) is 24.1 Å². The van der Waals surface area contributed by atoms with Crippen molar-refractivity contribution < 1.29 is 4.74 Å². The van der Waals surface area contributed by atoms with Gasteiger partial charge in [-0.15, -0.1) is 11.3 Å². The van der Waals surface area contributed by atoms with Gasteiger partial charge in [-0.3, -0.25) is 0 Å². The highest BCUT2D eigenvalue weighted by Gasteiger charge is 2.19. The Kier molecular flexibility index (Phi) is 3.15. The molecule has 1 aliphatic rings. The summed E-state index contributed by atoms with van der Waals surface area (Å²) < 4.78 is 5.66. The molecule has 1 aromatic heterocycles. The number of hydrogen-bond acceptors (Lipinski definition) is 4. The Morgan fingerprint density at radius 3 is 3.07 bits per heavy atom. The second-order valence-corrected chi connectivity index (χ2v) is 4.59. The lowest BCUT2D eigenvalue weighted by Crippen LogP contribution is -2.33. The van der Waals surface area contributed by atoms with Gasteiger partial charge in [0.15, 0.2) is 0 Å². The molecule has 1 aliphatic heterocycles. The maximum absolute atomic E-state index is 5.66. The summed E-state index contributed by atoms with van der Waals surface area (Å²) in [6, 6.07) is 0. The van der Waals surface area contributed by atoms with E-state index in [1.807, 2.05) is 0 Å². The molecule has 0 saturated carbocycles. The third-order valence-electron chi connectivity index (χ3n) is 2.43. The molecular weight excluding hydrogens is 196 g/mol. The molecule has 1 fully saturated rings. The summed E-state index contributed by atoms with van der Waals surface area (Å²) >= 11 is 1.79. The highest BCUT2D eigenvalue weighted by Crippen LogP contribution is 2.26. The van der Waals surface area contributed by atoms with Gasteiger partial charge in [-0.25, -0.2) is 4.98 Å². The highest BCUT2D eigenvalue weighted by atomic mass is 32.1. The maximum Gasteiger partial charge on any atom is 0.123 e. The second-order valence-electron chi connectivity index (χ2n) is 3.48. The third-order valence-corrected chi connectivity index (χ3v) is 3.83. The minimum absolute atomic E-state index is 0.174. The first-order chi connectivity index (χ1) is 6.81. The van der Waals surface area contributed by atoms with Crippen LogP contribution in [0.4, 0.5) is 0 Å². The number of hydrogen-bond donors (Lipinski definition) is 1. The molecule has 1 atom stereocenters. The zero-order valence-corrected chi connectivity index (χ0v) is 9.49. The van der Waals surface area contributed by atoms with Crippen LogP contribution in [-0.4, -0.2) is 24.7 Å². The monoisotopic (exact) mass is 212 g/mol. The molecule has 0 aliphatic carbocycles. The standard InChI is InChI=1S/C10H16N2OS/c1-3-9-7(2)12-10(14-9)8-6-11-4-5-13-8/h8,11H,3-6H2,1-2H3. The predicted molar refractivity (Wildman–Crippen MR) is 57.8 cm³/mol. The molecule has 2 heterocycles. The number of nitrogens with one attached hydrogen (secondary N) is 1. The Morgan fingerprint density at radius 2 is 2.50 bits per heavy atom. The van der Waals surface area contributed by atoms with E-state index in [0.29, 0.717) is 0 Å². The van der Waals surface area contributed by atoms with Gasteiger partial charge < -0.3 is 10.1 Å². The summed E-state index contributed by atoms with van der Waals surface area (Å²) in [6.45, 7) is 6.90. The van der Waals surface area contributed by atoms with E-state index < -0.39 is 0 Å². The van der Waals surface area contributed by atoms with Gasteiger partial charge in [0.2, 0.25) is 0 Å². The van der Waals surface area contributed by atoms with E-state index in [-0.39, 0.29) is 6.10 Å². The molecule has 1 aromatic rings. The number of nitrogens with zero attached hydrogens (tertiary/aromatic N) is 1. The SMILES string of the molecule is CCc1sc(C2CNCCO2)nc1C. The van der Waals surface area contributed by atoms with Gasteiger partial charge in [0.1, 0.15) is 11.1 Å². The van der Waals surface area contributed by atoms with Gasteiger partial charge in [0.25, 0.3) is 0 Å². The normalized spacial score (nSPS) is 22.6. The first kappa shape index (κ1) is 10.1. The van der Waals surface area contributed by atoms with Crippen LogP contribution >= 0.6 is 11.3 Å². The van der Waals surface area contributed by atoms with Crippen LogP contribution in [-0.2, 0) is 11.2 Å². The van der Waals surface area contributed by atoms with Gasteiger partial charge in [-0.2, -0.15) is 0 Å². The molecule has 0 aromatic carbocycles. The topological polar surface area (TPSA) is 34.1 Å². The van der Waals surface area contributed by atoms with Crippen LogP contribution in [0.2, 0.25) is 0 Å². The summed E-state index contributed by atoms with van der Waals surface area (Å²) in [5.41, 5.74) is 1.17. The Bertz CT molecular complexity index is 305. The highest BCUT2D eigenvalue weighted by molar-refractivity contribution is 7.11. The van der Waals surface area contributed by atoms with Crippen molar-refractivity contribution >= 4 is 11.3 Å². The summed E-state index contributed by atoms with van der Waals surface area (Å²) in [6.07, 6.45) is 1.25. The fraction of sp³-hybridized carbons (Fsp3) is 0.700. The van der Waals surface area contributed by atoms with E-state index >= 15 is 0 Å². The zero-order chi connectivity index (χ0) is 9.97. The minimum atomic E-state index is 0.174. The number of thiazole rings is 1. The summed E-state index contributed by atoms with van der Waals surface area (Å²) in [5, 5.41) is 4.45. The van der Waals surface area contributed by atoms with Crippen molar-refractivity contribution in [2.45, 2.75) is 26.4 Å². The molecule has 14 heavy (non-hydrogen) atoms. The molecule has 1 saturated heterocycles. The third kappa shape index (κ3) is 1.97. The van der Waals surface area contributed by atoms with Crippen molar-refractivity contribution in [3.63, 3.8) is 0 Å². The van der Waals surface area contributed by atoms with Crippen molar-refractivity contribution in [3.05, 3.63) is 15.6 Å². The van der Waals surface area contributed by atoms with Gasteiger partial charge >= 0.3 is 0 Å². The smallest absolute Gasteiger partial charge is 0.123 e. The molecule has 0 spiro atoms. The fourth-order valence-electron chi connectivity index (χ4n) is 1.64. The molecule has 0 bridgehead atoms. The summed E-state index contributed by atoms with van der Waals surface area (Å²) in [4.78, 5) is 5.94. The van der Waals surface area contributed by atoms with Crippen molar-refractivity contribution in [2.75, 3.05) is 19.7 Å². The lowest BCUT2D eigenvalue weighted by Gasteiger charge is -2.21. The van der Waals surface area contributed by atoms with Crippen LogP contribution in [0.15, 0.2) is 0 Å². The zero-order valence-electron chi connectivity index (χ0n) is 8.67. The van der Waals surface area contributed by atoms with E-state index in [0.717, 1.165) is 31.1 Å². The molecule has 78 valence electrons. The quantitative estimate of drug-likeness (QED) is 0.810. The molecule has 1 unspecified atom stereocenters. The van der Waals surface area contributed by atoms with E-state index in [1.165, 1.54) is 10.6 Å². The number of rotatable bonds is 2. The van der Waals surface area contributed by atoms with Gasteiger partial charge in [-0.1, -0.05) is 6.92 Å². The van der Waals surface area contributed by atoms with Crippen LogP contribution in [0.3, 0.4) is 0 Å². The van der Waals surface area contributed by atoms with Crippen molar-refractivity contribution in [1.82, 2.24) is 10.3 Å². The molecule has 4 heteroatoms. The molecule has 3 nitrogen and oxygen atoms in total. The Morgan fingerprint density at radius 1 is 1.64 bits per heavy atom. The van der Waals surface area contributed by atoms with Gasteiger partial charge in [0.05, 0.1) is 12.3 Å². The number of morpholine rings is 1. The molecular formula is C10H16N2OS. The van der Waals surface area contributed by atoms with Crippen LogP contribution < -0.4 is 5.32 Å². The number of aromatic nitrogens is 1. The molecule has 2 rings (SSSR count). The van der Waals surface area contributed by atoms with Crippen LogP contribution in [0, 0.1) is 6.92 Å². The van der Waals surface area contributed by atoms with Crippen LogP contribution in [0.5, 0.6) is 0 Å². The predicted octanol–water partition coefficient (Wildman–Crippen LogP) is 1.67. The maximum atomic E-state index is 5.66. The van der Waals surface area contributed by atoms with Crippen molar-refractivity contribution in [3.8, 4) is 0 Å². The fourth-order valence-corrected chi connectivity index (χ4v) is 2.70. The average molecular weight is 212 g/mol. The Hall–Kier alpha value is -0.450. The summed E-state index contributed by atoms with van der Waals surface area (Å²) in [7, 11) is 0.